The first-order valence-corrected chi connectivity index (χ1v) is 10.8. The van der Waals surface area contributed by atoms with Crippen LogP contribution in [0.5, 0.6) is 0 Å². The van der Waals surface area contributed by atoms with Gasteiger partial charge in [-0.1, -0.05) is 0 Å². The van der Waals surface area contributed by atoms with Gasteiger partial charge in [-0.05, 0) is 56.6 Å². The number of halogens is 1. The Labute approximate surface area is 149 Å². The molecule has 0 bridgehead atoms. The fourth-order valence-electron chi connectivity index (χ4n) is 1.86. The Hall–Kier alpha value is -0.290. The molecule has 1 heterocycles. The first-order valence-electron chi connectivity index (χ1n) is 7.09. The third kappa shape index (κ3) is 7.00. The van der Waals surface area contributed by atoms with Crippen molar-refractivity contribution in [2.24, 2.45) is 0 Å². The zero-order valence-electron chi connectivity index (χ0n) is 14.2. The maximum Gasteiger partial charge on any atom is 0.264 e. The van der Waals surface area contributed by atoms with Crippen LogP contribution >= 0.6 is 15.9 Å². The highest BCUT2D eigenvalue weighted by Gasteiger charge is 2.24. The highest BCUT2D eigenvalue weighted by molar-refractivity contribution is 9.10. The van der Waals surface area contributed by atoms with Crippen molar-refractivity contribution in [2.45, 2.75) is 58.1 Å². The summed E-state index contributed by atoms with van der Waals surface area (Å²) in [5, 5.41) is 4.29. The number of rotatable bonds is 7. The van der Waals surface area contributed by atoms with Crippen LogP contribution in [0.4, 0.5) is 0 Å². The van der Waals surface area contributed by atoms with Crippen LogP contribution in [0.2, 0.25) is 0 Å². The molecule has 0 fully saturated rings. The summed E-state index contributed by atoms with van der Waals surface area (Å²) < 4.78 is 44.5. The van der Waals surface area contributed by atoms with Crippen LogP contribution in [0, 0.1) is 0 Å². The molecule has 3 atom stereocenters. The molecule has 0 radical (unpaired) electrons. The van der Waals surface area contributed by atoms with Gasteiger partial charge in [-0.2, -0.15) is 13.5 Å². The quantitative estimate of drug-likeness (QED) is 0.670. The Bertz CT molecular complexity index is 667. The molecule has 10 heteroatoms. The largest absolute Gasteiger partial charge is 0.265 e. The van der Waals surface area contributed by atoms with Crippen LogP contribution in [0.3, 0.4) is 0 Å². The first-order chi connectivity index (χ1) is 10.3. The fraction of sp³-hybridized carbons (Fsp3) is 0.769. The van der Waals surface area contributed by atoms with Gasteiger partial charge in [0.05, 0.1) is 46.4 Å². The second-order valence-corrected chi connectivity index (χ2v) is 10.8. The molecule has 1 aromatic rings. The van der Waals surface area contributed by atoms with Gasteiger partial charge in [0, 0.05) is 0 Å². The Morgan fingerprint density at radius 2 is 2.00 bits per heavy atom. The molecule has 1 N–H and O–H groups in total. The molecule has 1 aromatic heterocycles. The van der Waals surface area contributed by atoms with E-state index >= 15 is 0 Å². The highest BCUT2D eigenvalue weighted by Crippen LogP contribution is 2.21. The van der Waals surface area contributed by atoms with Gasteiger partial charge < -0.3 is 0 Å². The molecule has 0 aromatic carbocycles. The number of hydrogen-bond donors (Lipinski definition) is 1. The Kier molecular flexibility index (Phi) is 6.97. The second kappa shape index (κ2) is 7.73. The third-order valence-electron chi connectivity index (χ3n) is 2.83. The molecular weight excluding hydrogens is 406 g/mol. The van der Waals surface area contributed by atoms with Gasteiger partial charge >= 0.3 is 0 Å². The summed E-state index contributed by atoms with van der Waals surface area (Å²) in [6.07, 6.45) is 0.455. The molecule has 1 unspecified atom stereocenters. The minimum Gasteiger partial charge on any atom is -0.265 e. The molecule has 23 heavy (non-hydrogen) atoms. The Balaban J connectivity index is 2.90. The lowest BCUT2D eigenvalue weighted by atomic mass is 10.2. The maximum atomic E-state index is 12.2. The van der Waals surface area contributed by atoms with E-state index in [-0.39, 0.29) is 17.3 Å². The molecule has 0 amide bonds. The van der Waals surface area contributed by atoms with Crippen molar-refractivity contribution in [2.75, 3.05) is 6.26 Å². The topological polar surface area (TPSA) is 90.3 Å². The van der Waals surface area contributed by atoms with E-state index in [4.69, 9.17) is 4.18 Å². The zero-order chi connectivity index (χ0) is 18.0. The van der Waals surface area contributed by atoms with E-state index in [1.54, 1.807) is 11.6 Å². The SMILES string of the molecule is C[C@H](NS(=O)C(C)(C)C)c1cc(Br)nn1C[C@H](C)OS(C)(=O)=O. The fourth-order valence-corrected chi connectivity index (χ4v) is 3.74. The first kappa shape index (κ1) is 20.8. The van der Waals surface area contributed by atoms with Crippen molar-refractivity contribution in [3.8, 4) is 0 Å². The van der Waals surface area contributed by atoms with Crippen LogP contribution in [-0.4, -0.2) is 39.5 Å². The van der Waals surface area contributed by atoms with Crippen LogP contribution in [0.25, 0.3) is 0 Å². The average molecular weight is 430 g/mol. The van der Waals surface area contributed by atoms with E-state index in [0.717, 1.165) is 11.9 Å². The molecule has 0 saturated heterocycles. The van der Waals surface area contributed by atoms with Crippen LogP contribution < -0.4 is 4.72 Å². The van der Waals surface area contributed by atoms with Gasteiger partial charge in [-0.3, -0.25) is 8.86 Å². The van der Waals surface area contributed by atoms with E-state index in [2.05, 4.69) is 25.8 Å². The summed E-state index contributed by atoms with van der Waals surface area (Å²) in [6, 6.07) is 1.59. The van der Waals surface area contributed by atoms with E-state index in [0.29, 0.717) is 4.60 Å². The zero-order valence-corrected chi connectivity index (χ0v) is 17.4. The Morgan fingerprint density at radius 1 is 1.43 bits per heavy atom. The molecule has 0 aliphatic heterocycles. The predicted molar refractivity (Wildman–Crippen MR) is 94.8 cm³/mol. The average Bonchev–Trinajstić information content (AvgIpc) is 2.66. The van der Waals surface area contributed by atoms with Gasteiger partial charge in [0.2, 0.25) is 0 Å². The highest BCUT2D eigenvalue weighted by atomic mass is 79.9. The van der Waals surface area contributed by atoms with Gasteiger partial charge in [-0.25, -0.2) is 8.93 Å². The van der Waals surface area contributed by atoms with Gasteiger partial charge in [0.25, 0.3) is 10.1 Å². The Morgan fingerprint density at radius 3 is 2.48 bits per heavy atom. The molecule has 134 valence electrons. The van der Waals surface area contributed by atoms with Crippen molar-refractivity contribution >= 4 is 37.0 Å². The maximum absolute atomic E-state index is 12.2. The van der Waals surface area contributed by atoms with E-state index in [9.17, 15) is 12.6 Å². The normalized spacial score (nSPS) is 17.0. The van der Waals surface area contributed by atoms with E-state index in [1.807, 2.05) is 33.8 Å². The molecule has 0 aliphatic rings. The molecule has 0 saturated carbocycles. The van der Waals surface area contributed by atoms with E-state index in [1.165, 1.54) is 0 Å². The molecular formula is C13H24BrN3O4S2. The van der Waals surface area contributed by atoms with Gasteiger partial charge in [0.15, 0.2) is 0 Å². The summed E-state index contributed by atoms with van der Waals surface area (Å²) in [5.74, 6) is 0. The van der Waals surface area contributed by atoms with Crippen LogP contribution in [0.1, 0.15) is 46.4 Å². The molecule has 7 nitrogen and oxygen atoms in total. The number of aromatic nitrogens is 2. The van der Waals surface area contributed by atoms with Crippen LogP contribution in [-0.2, 0) is 31.8 Å². The van der Waals surface area contributed by atoms with E-state index < -0.39 is 27.2 Å². The minimum absolute atomic E-state index is 0.223. The predicted octanol–water partition coefficient (Wildman–Crippen LogP) is 2.12. The van der Waals surface area contributed by atoms with Crippen molar-refractivity contribution in [3.63, 3.8) is 0 Å². The number of nitrogens with zero attached hydrogens (tertiary/aromatic N) is 2. The molecule has 0 aliphatic carbocycles. The monoisotopic (exact) mass is 429 g/mol. The lowest BCUT2D eigenvalue weighted by Crippen LogP contribution is -2.35. The summed E-state index contributed by atoms with van der Waals surface area (Å²) in [6.45, 7) is 9.47. The van der Waals surface area contributed by atoms with Crippen molar-refractivity contribution in [1.82, 2.24) is 14.5 Å². The summed E-state index contributed by atoms with van der Waals surface area (Å²) in [4.78, 5) is 0. The molecule has 0 spiro atoms. The van der Waals surface area contributed by atoms with Crippen LogP contribution in [0.15, 0.2) is 10.7 Å². The summed E-state index contributed by atoms with van der Waals surface area (Å²) in [7, 11) is -4.75. The van der Waals surface area contributed by atoms with Crippen molar-refractivity contribution < 1.29 is 16.8 Å². The lowest BCUT2D eigenvalue weighted by Gasteiger charge is -2.23. The second-order valence-electron chi connectivity index (χ2n) is 6.41. The lowest BCUT2D eigenvalue weighted by molar-refractivity contribution is 0.201. The molecule has 1 rings (SSSR count). The van der Waals surface area contributed by atoms with Gasteiger partial charge in [0.1, 0.15) is 4.60 Å². The smallest absolute Gasteiger partial charge is 0.264 e. The van der Waals surface area contributed by atoms with Crippen molar-refractivity contribution in [1.29, 1.82) is 0 Å². The number of nitrogens with one attached hydrogen (secondary N) is 1. The third-order valence-corrected chi connectivity index (χ3v) is 5.58. The standard InChI is InChI=1S/C13H24BrN3O4S2/c1-9(21-23(6,19)20)8-17-11(7-12(14)15-17)10(2)16-22(18)13(3,4)5/h7,9-10,16H,8H2,1-6H3/t9-,10-,22?/m0/s1. The summed E-state index contributed by atoms with van der Waals surface area (Å²) >= 11 is 3.31. The van der Waals surface area contributed by atoms with Gasteiger partial charge in [-0.15, -0.1) is 0 Å². The summed E-state index contributed by atoms with van der Waals surface area (Å²) in [5.41, 5.74) is 0.790. The number of hydrogen-bond acceptors (Lipinski definition) is 5. The minimum atomic E-state index is -3.53. The van der Waals surface area contributed by atoms with Crippen molar-refractivity contribution in [3.05, 3.63) is 16.4 Å².